The maximum absolute atomic E-state index is 12.2. The van der Waals surface area contributed by atoms with Crippen molar-refractivity contribution in [3.05, 3.63) is 87.9 Å². The molecule has 0 fully saturated rings. The molecule has 1 amide bonds. The summed E-state index contributed by atoms with van der Waals surface area (Å²) < 4.78 is 9.52. The Balaban J connectivity index is 1.66. The first kappa shape index (κ1) is 20.8. The fraction of sp³-hybridized carbons (Fsp3) is 0.0870. The van der Waals surface area contributed by atoms with Crippen LogP contribution in [0.4, 0.5) is 10.5 Å². The number of aromatic nitrogens is 1. The van der Waals surface area contributed by atoms with E-state index >= 15 is 0 Å². The average Bonchev–Trinajstić information content (AvgIpc) is 3.10. The molecule has 2 aromatic carbocycles. The van der Waals surface area contributed by atoms with Crippen LogP contribution in [0.25, 0.3) is 6.08 Å². The molecule has 3 rings (SSSR count). The molecular formula is C23H18N2O4S. The molecule has 7 heteroatoms. The van der Waals surface area contributed by atoms with Gasteiger partial charge in [-0.1, -0.05) is 48.4 Å². The van der Waals surface area contributed by atoms with Crippen molar-refractivity contribution in [1.29, 1.82) is 0 Å². The van der Waals surface area contributed by atoms with Gasteiger partial charge < -0.3 is 9.84 Å². The van der Waals surface area contributed by atoms with Crippen LogP contribution in [0, 0.1) is 18.8 Å². The Hall–Kier alpha value is -3.89. The summed E-state index contributed by atoms with van der Waals surface area (Å²) in [5.74, 6) is 5.05. The van der Waals surface area contributed by atoms with Crippen molar-refractivity contribution in [2.24, 2.45) is 0 Å². The zero-order valence-corrected chi connectivity index (χ0v) is 16.9. The number of carbonyl (C=O) groups excluding carboxylic acids is 1. The molecule has 0 aliphatic carbocycles. The largest absolute Gasteiger partial charge is 0.478 e. The lowest BCUT2D eigenvalue weighted by atomic mass is 10.1. The maximum atomic E-state index is 12.2. The summed E-state index contributed by atoms with van der Waals surface area (Å²) >= 11 is 1.20. The molecule has 0 bridgehead atoms. The monoisotopic (exact) mass is 418 g/mol. The smallest absolute Gasteiger partial charge is 0.412 e. The minimum absolute atomic E-state index is 0.174. The summed E-state index contributed by atoms with van der Waals surface area (Å²) in [5.41, 5.74) is 3.61. The van der Waals surface area contributed by atoms with Gasteiger partial charge in [-0.05, 0) is 53.7 Å². The van der Waals surface area contributed by atoms with Crippen molar-refractivity contribution in [3.8, 4) is 11.8 Å². The van der Waals surface area contributed by atoms with E-state index in [0.717, 1.165) is 22.8 Å². The third kappa shape index (κ3) is 6.06. The molecule has 1 aromatic heterocycles. The van der Waals surface area contributed by atoms with Crippen LogP contribution in [-0.4, -0.2) is 21.5 Å². The number of anilines is 1. The lowest BCUT2D eigenvalue weighted by Crippen LogP contribution is -2.14. The van der Waals surface area contributed by atoms with Crippen LogP contribution < -0.4 is 5.32 Å². The number of hydrogen-bond donors (Lipinski definition) is 2. The van der Waals surface area contributed by atoms with E-state index < -0.39 is 12.1 Å². The fourth-order valence-electron chi connectivity index (χ4n) is 2.44. The van der Waals surface area contributed by atoms with Gasteiger partial charge in [0, 0.05) is 11.6 Å². The molecule has 6 nitrogen and oxygen atoms in total. The number of aryl methyl sites for hydroxylation is 1. The van der Waals surface area contributed by atoms with Crippen molar-refractivity contribution >= 4 is 35.4 Å². The van der Waals surface area contributed by atoms with Crippen LogP contribution in [0.5, 0.6) is 0 Å². The lowest BCUT2D eigenvalue weighted by Gasteiger charge is -2.06. The highest BCUT2D eigenvalue weighted by atomic mass is 32.1. The molecule has 0 atom stereocenters. The van der Waals surface area contributed by atoms with Crippen LogP contribution in [0.15, 0.2) is 60.7 Å². The zero-order valence-electron chi connectivity index (χ0n) is 16.1. The van der Waals surface area contributed by atoms with Gasteiger partial charge in [-0.15, -0.1) is 0 Å². The molecule has 0 aliphatic heterocycles. The average molecular weight is 418 g/mol. The molecular weight excluding hydrogens is 400 g/mol. The number of nitrogens with zero attached hydrogens (tertiary/aromatic N) is 1. The van der Waals surface area contributed by atoms with Gasteiger partial charge in [-0.2, -0.15) is 4.37 Å². The number of amides is 1. The predicted octanol–water partition coefficient (Wildman–Crippen LogP) is 4.70. The van der Waals surface area contributed by atoms with Crippen LogP contribution in [0.1, 0.15) is 27.3 Å². The van der Waals surface area contributed by atoms with Gasteiger partial charge in [0.2, 0.25) is 0 Å². The van der Waals surface area contributed by atoms with Gasteiger partial charge in [-0.3, -0.25) is 5.32 Å². The Kier molecular flexibility index (Phi) is 6.98. The first-order chi connectivity index (χ1) is 14.5. The van der Waals surface area contributed by atoms with Crippen LogP contribution in [0.3, 0.4) is 0 Å². The second-order valence-electron chi connectivity index (χ2n) is 6.20. The minimum Gasteiger partial charge on any atom is -0.478 e. The number of hydrogen-bond acceptors (Lipinski definition) is 5. The summed E-state index contributed by atoms with van der Waals surface area (Å²) in [4.78, 5) is 23.4. The molecule has 0 unspecified atom stereocenters. The van der Waals surface area contributed by atoms with Gasteiger partial charge in [0.25, 0.3) is 0 Å². The van der Waals surface area contributed by atoms with Crippen LogP contribution in [-0.2, 0) is 16.1 Å². The molecule has 3 aromatic rings. The Morgan fingerprint density at radius 1 is 1.13 bits per heavy atom. The fourth-order valence-corrected chi connectivity index (χ4v) is 3.14. The summed E-state index contributed by atoms with van der Waals surface area (Å²) in [6.45, 7) is 1.96. The zero-order chi connectivity index (χ0) is 21.3. The number of carboxylic acids is 1. The predicted molar refractivity (Wildman–Crippen MR) is 116 cm³/mol. The normalized spacial score (nSPS) is 10.3. The molecule has 0 spiro atoms. The van der Waals surface area contributed by atoms with E-state index in [0.29, 0.717) is 16.3 Å². The van der Waals surface area contributed by atoms with E-state index in [9.17, 15) is 9.59 Å². The number of ether oxygens (including phenoxy) is 1. The Morgan fingerprint density at radius 2 is 1.87 bits per heavy atom. The molecule has 0 aliphatic rings. The minimum atomic E-state index is -0.998. The summed E-state index contributed by atoms with van der Waals surface area (Å²) in [7, 11) is 0. The number of aliphatic carboxylic acids is 1. The molecule has 1 heterocycles. The first-order valence-corrected chi connectivity index (χ1v) is 9.75. The molecule has 0 radical (unpaired) electrons. The SMILES string of the molecule is Cc1nsc(C#Cc2ccc(/C=C/C(=O)O)cc2)c1NC(=O)OCc1ccccc1. The number of carboxylic acid groups (broad SMARTS) is 1. The third-order valence-corrected chi connectivity index (χ3v) is 4.81. The quantitative estimate of drug-likeness (QED) is 0.463. The van der Waals surface area contributed by atoms with Gasteiger partial charge >= 0.3 is 12.1 Å². The van der Waals surface area contributed by atoms with E-state index in [1.807, 2.05) is 30.3 Å². The maximum Gasteiger partial charge on any atom is 0.412 e. The van der Waals surface area contributed by atoms with Gasteiger partial charge in [0.05, 0.1) is 11.4 Å². The molecule has 150 valence electrons. The summed E-state index contributed by atoms with van der Waals surface area (Å²) in [6.07, 6.45) is 2.02. The lowest BCUT2D eigenvalue weighted by molar-refractivity contribution is -0.131. The van der Waals surface area contributed by atoms with Crippen LogP contribution >= 0.6 is 11.5 Å². The van der Waals surface area contributed by atoms with Gasteiger partial charge in [0.1, 0.15) is 11.5 Å². The van der Waals surface area contributed by atoms with E-state index in [2.05, 4.69) is 21.5 Å². The number of nitrogens with one attached hydrogen (secondary N) is 1. The van der Waals surface area contributed by atoms with E-state index in [4.69, 9.17) is 9.84 Å². The molecule has 2 N–H and O–H groups in total. The summed E-state index contributed by atoms with van der Waals surface area (Å²) in [5, 5.41) is 11.4. The highest BCUT2D eigenvalue weighted by Gasteiger charge is 2.13. The Bertz CT molecular complexity index is 1120. The third-order valence-electron chi connectivity index (χ3n) is 3.95. The van der Waals surface area contributed by atoms with E-state index in [1.165, 1.54) is 17.6 Å². The van der Waals surface area contributed by atoms with Crippen LogP contribution in [0.2, 0.25) is 0 Å². The topological polar surface area (TPSA) is 88.5 Å². The molecule has 0 saturated heterocycles. The number of carbonyl (C=O) groups is 2. The highest BCUT2D eigenvalue weighted by Crippen LogP contribution is 2.24. The Labute approximate surface area is 178 Å². The molecule has 0 saturated carbocycles. The summed E-state index contributed by atoms with van der Waals surface area (Å²) in [6, 6.07) is 16.6. The second-order valence-corrected chi connectivity index (χ2v) is 6.98. The van der Waals surface area contributed by atoms with Crippen molar-refractivity contribution in [2.45, 2.75) is 13.5 Å². The van der Waals surface area contributed by atoms with E-state index in [1.54, 1.807) is 31.2 Å². The standard InChI is InChI=1S/C23H18N2O4S/c1-16-22(24-23(28)29-15-19-5-3-2-4-6-19)20(30-25-16)13-11-17-7-9-18(10-8-17)12-14-21(26)27/h2-10,12,14H,15H2,1H3,(H,24,28)(H,26,27)/b14-12+. The number of benzene rings is 2. The van der Waals surface area contributed by atoms with E-state index in [-0.39, 0.29) is 6.61 Å². The van der Waals surface area contributed by atoms with Gasteiger partial charge in [-0.25, -0.2) is 9.59 Å². The van der Waals surface area contributed by atoms with Crippen molar-refractivity contribution < 1.29 is 19.4 Å². The van der Waals surface area contributed by atoms with Gasteiger partial charge in [0.15, 0.2) is 0 Å². The Morgan fingerprint density at radius 3 is 2.57 bits per heavy atom. The molecule has 30 heavy (non-hydrogen) atoms. The van der Waals surface area contributed by atoms with Crippen molar-refractivity contribution in [3.63, 3.8) is 0 Å². The first-order valence-electron chi connectivity index (χ1n) is 8.98. The number of rotatable bonds is 5. The van der Waals surface area contributed by atoms with Crippen molar-refractivity contribution in [1.82, 2.24) is 4.37 Å². The highest BCUT2D eigenvalue weighted by molar-refractivity contribution is 7.07. The second kappa shape index (κ2) is 10.0. The van der Waals surface area contributed by atoms with Crippen molar-refractivity contribution in [2.75, 3.05) is 5.32 Å².